The van der Waals surface area contributed by atoms with Crippen LogP contribution in [-0.2, 0) is 10.0 Å². The first-order valence-electron chi connectivity index (χ1n) is 9.35. The van der Waals surface area contributed by atoms with Crippen LogP contribution < -0.4 is 4.72 Å². The lowest BCUT2D eigenvalue weighted by atomic mass is 10.2. The molecule has 1 fully saturated rings. The molecular weight excluding hydrogens is 432 g/mol. The quantitative estimate of drug-likeness (QED) is 0.586. The molecule has 0 aliphatic carbocycles. The van der Waals surface area contributed by atoms with Gasteiger partial charge in [-0.3, -0.25) is 0 Å². The number of nitrogens with zero attached hydrogens (tertiary/aromatic N) is 3. The van der Waals surface area contributed by atoms with E-state index >= 15 is 0 Å². The number of aromatic nitrogens is 2. The van der Waals surface area contributed by atoms with Gasteiger partial charge in [-0.05, 0) is 51.1 Å². The van der Waals surface area contributed by atoms with Crippen LogP contribution in [0.15, 0.2) is 39.8 Å². The summed E-state index contributed by atoms with van der Waals surface area (Å²) < 4.78 is 33.5. The molecule has 1 N–H and O–H groups in total. The number of hydrogen-bond acceptors (Lipinski definition) is 7. The topological polar surface area (TPSA) is 88.3 Å². The Hall–Kier alpha value is -1.78. The van der Waals surface area contributed by atoms with Gasteiger partial charge in [-0.1, -0.05) is 28.9 Å². The molecule has 0 atom stereocenters. The van der Waals surface area contributed by atoms with Gasteiger partial charge in [0.05, 0.1) is 9.77 Å². The highest BCUT2D eigenvalue weighted by Crippen LogP contribution is 2.33. The summed E-state index contributed by atoms with van der Waals surface area (Å²) in [6.07, 6.45) is 2.36. The van der Waals surface area contributed by atoms with Gasteiger partial charge >= 0.3 is 0 Å². The third-order valence-electron chi connectivity index (χ3n) is 4.80. The second-order valence-corrected chi connectivity index (χ2v) is 10.3. The van der Waals surface area contributed by atoms with Crippen LogP contribution in [0.4, 0.5) is 0 Å². The van der Waals surface area contributed by atoms with Gasteiger partial charge in [-0.15, -0.1) is 11.3 Å². The van der Waals surface area contributed by atoms with E-state index in [2.05, 4.69) is 19.8 Å². The van der Waals surface area contributed by atoms with Gasteiger partial charge in [0.1, 0.15) is 0 Å². The summed E-state index contributed by atoms with van der Waals surface area (Å²) >= 11 is 7.33. The number of rotatable bonds is 7. The Kier molecular flexibility index (Phi) is 6.03. The van der Waals surface area contributed by atoms with Gasteiger partial charge in [0.15, 0.2) is 0 Å². The lowest BCUT2D eigenvalue weighted by molar-refractivity contribution is 0.344. The molecule has 0 unspecified atom stereocenters. The zero-order valence-electron chi connectivity index (χ0n) is 15.9. The van der Waals surface area contributed by atoms with Crippen LogP contribution in [0, 0.1) is 6.92 Å². The van der Waals surface area contributed by atoms with E-state index in [1.54, 1.807) is 25.1 Å². The number of hydrogen-bond donors (Lipinski definition) is 1. The molecule has 7 nitrogen and oxygen atoms in total. The first-order valence-corrected chi connectivity index (χ1v) is 12.0. The fourth-order valence-corrected chi connectivity index (χ4v) is 6.05. The van der Waals surface area contributed by atoms with Gasteiger partial charge < -0.3 is 9.42 Å². The van der Waals surface area contributed by atoms with E-state index in [0.29, 0.717) is 27.1 Å². The molecule has 0 amide bonds. The average Bonchev–Trinajstić information content (AvgIpc) is 3.42. The molecule has 29 heavy (non-hydrogen) atoms. The van der Waals surface area contributed by atoms with Crippen LogP contribution in [-0.4, -0.2) is 49.6 Å². The van der Waals surface area contributed by atoms with Crippen molar-refractivity contribution in [1.29, 1.82) is 0 Å². The van der Waals surface area contributed by atoms with Crippen LogP contribution in [0.2, 0.25) is 5.02 Å². The van der Waals surface area contributed by atoms with Crippen molar-refractivity contribution >= 4 is 33.0 Å². The number of sulfonamides is 1. The van der Waals surface area contributed by atoms with Crippen LogP contribution in [0.25, 0.3) is 22.2 Å². The number of likely N-dealkylation sites (tertiary alicyclic amines) is 1. The second kappa shape index (κ2) is 8.53. The number of benzene rings is 1. The second-order valence-electron chi connectivity index (χ2n) is 6.91. The lowest BCUT2D eigenvalue weighted by Crippen LogP contribution is -2.33. The third kappa shape index (κ3) is 4.70. The predicted molar refractivity (Wildman–Crippen MR) is 114 cm³/mol. The minimum Gasteiger partial charge on any atom is -0.333 e. The SMILES string of the molecule is Cc1sc(-c2nc(-c3cccc(Cl)c3)no2)cc1S(=O)(=O)NCCN1CCCC1. The molecule has 3 aromatic rings. The average molecular weight is 453 g/mol. The number of nitrogens with one attached hydrogen (secondary N) is 1. The van der Waals surface area contributed by atoms with E-state index in [9.17, 15) is 8.42 Å². The molecule has 0 saturated carbocycles. The van der Waals surface area contributed by atoms with Crippen LogP contribution in [0.1, 0.15) is 17.7 Å². The monoisotopic (exact) mass is 452 g/mol. The maximum atomic E-state index is 12.7. The first-order chi connectivity index (χ1) is 13.9. The predicted octanol–water partition coefficient (Wildman–Crippen LogP) is 3.80. The summed E-state index contributed by atoms with van der Waals surface area (Å²) in [6.45, 7) is 4.97. The fraction of sp³-hybridized carbons (Fsp3) is 0.368. The van der Waals surface area contributed by atoms with Crippen molar-refractivity contribution in [3.63, 3.8) is 0 Å². The summed E-state index contributed by atoms with van der Waals surface area (Å²) in [4.78, 5) is 8.21. The molecule has 10 heteroatoms. The van der Waals surface area contributed by atoms with Gasteiger partial charge in [-0.25, -0.2) is 13.1 Å². The van der Waals surface area contributed by atoms with Crippen LogP contribution >= 0.6 is 22.9 Å². The number of aryl methyl sites for hydroxylation is 1. The molecule has 0 radical (unpaired) electrons. The van der Waals surface area contributed by atoms with E-state index < -0.39 is 10.0 Å². The Bertz CT molecular complexity index is 1100. The van der Waals surface area contributed by atoms with Gasteiger partial charge in [0.25, 0.3) is 5.89 Å². The lowest BCUT2D eigenvalue weighted by Gasteiger charge is -2.14. The van der Waals surface area contributed by atoms with Crippen molar-refractivity contribution in [2.45, 2.75) is 24.7 Å². The Morgan fingerprint density at radius 2 is 2.07 bits per heavy atom. The highest BCUT2D eigenvalue weighted by atomic mass is 35.5. The zero-order valence-corrected chi connectivity index (χ0v) is 18.3. The molecule has 1 aliphatic heterocycles. The Balaban J connectivity index is 1.50. The highest BCUT2D eigenvalue weighted by molar-refractivity contribution is 7.89. The standard InChI is InChI=1S/C19H21ClN4O3S2/c1-13-17(29(25,26)21-7-10-24-8-2-3-9-24)12-16(28-13)19-22-18(23-27-19)14-5-4-6-15(20)11-14/h4-6,11-12,21H,2-3,7-10H2,1H3. The Morgan fingerprint density at radius 1 is 1.28 bits per heavy atom. The van der Waals surface area contributed by atoms with E-state index in [-0.39, 0.29) is 10.8 Å². The van der Waals surface area contributed by atoms with E-state index in [4.69, 9.17) is 16.1 Å². The smallest absolute Gasteiger partial charge is 0.268 e. The molecule has 1 aromatic carbocycles. The van der Waals surface area contributed by atoms with Crippen molar-refractivity contribution in [3.8, 4) is 22.2 Å². The zero-order chi connectivity index (χ0) is 20.4. The van der Waals surface area contributed by atoms with Crippen molar-refractivity contribution in [3.05, 3.63) is 40.2 Å². The van der Waals surface area contributed by atoms with Crippen molar-refractivity contribution in [2.75, 3.05) is 26.2 Å². The summed E-state index contributed by atoms with van der Waals surface area (Å²) in [5.41, 5.74) is 0.734. The van der Waals surface area contributed by atoms with Crippen molar-refractivity contribution < 1.29 is 12.9 Å². The molecule has 1 saturated heterocycles. The minimum absolute atomic E-state index is 0.251. The van der Waals surface area contributed by atoms with Gasteiger partial charge in [0, 0.05) is 28.6 Å². The van der Waals surface area contributed by atoms with Gasteiger partial charge in [-0.2, -0.15) is 4.98 Å². The Morgan fingerprint density at radius 3 is 2.83 bits per heavy atom. The minimum atomic E-state index is -3.59. The Labute approximate surface area is 178 Å². The molecule has 154 valence electrons. The molecule has 2 aromatic heterocycles. The fourth-order valence-electron chi connectivity index (χ4n) is 3.33. The molecule has 0 spiro atoms. The van der Waals surface area contributed by atoms with Crippen molar-refractivity contribution in [1.82, 2.24) is 19.8 Å². The summed E-state index contributed by atoms with van der Waals surface area (Å²) in [5.74, 6) is 0.688. The van der Waals surface area contributed by atoms with E-state index in [1.807, 2.05) is 12.1 Å². The largest absolute Gasteiger partial charge is 0.333 e. The molecule has 0 bridgehead atoms. The van der Waals surface area contributed by atoms with E-state index in [1.165, 1.54) is 24.2 Å². The highest BCUT2D eigenvalue weighted by Gasteiger charge is 2.23. The maximum absolute atomic E-state index is 12.7. The number of halogens is 1. The van der Waals surface area contributed by atoms with Gasteiger partial charge in [0.2, 0.25) is 15.8 Å². The summed E-state index contributed by atoms with van der Waals surface area (Å²) in [5, 5.41) is 4.57. The molecule has 1 aliphatic rings. The third-order valence-corrected chi connectivity index (χ3v) is 7.79. The molecule has 4 rings (SSSR count). The molecule has 3 heterocycles. The van der Waals surface area contributed by atoms with E-state index in [0.717, 1.165) is 25.2 Å². The molecular formula is C19H21ClN4O3S2. The maximum Gasteiger partial charge on any atom is 0.268 e. The summed E-state index contributed by atoms with van der Waals surface area (Å²) in [6, 6.07) is 8.74. The van der Waals surface area contributed by atoms with Crippen LogP contribution in [0.3, 0.4) is 0 Å². The van der Waals surface area contributed by atoms with Crippen LogP contribution in [0.5, 0.6) is 0 Å². The van der Waals surface area contributed by atoms with Crippen molar-refractivity contribution in [2.24, 2.45) is 0 Å². The first kappa shape index (κ1) is 20.5. The summed E-state index contributed by atoms with van der Waals surface area (Å²) in [7, 11) is -3.59. The number of thiophene rings is 1. The normalized spacial score (nSPS) is 15.2.